The van der Waals surface area contributed by atoms with Gasteiger partial charge in [-0.2, -0.15) is 0 Å². The van der Waals surface area contributed by atoms with Crippen molar-refractivity contribution in [1.29, 1.82) is 0 Å². The molecule has 2 atom stereocenters. The molecule has 3 fully saturated rings. The molecule has 0 bridgehead atoms. The third kappa shape index (κ3) is 5.22. The highest BCUT2D eigenvalue weighted by Crippen LogP contribution is 2.52. The average molecular weight is 561 g/mol. The van der Waals surface area contributed by atoms with Crippen LogP contribution in [-0.4, -0.2) is 77.2 Å². The molecule has 2 aliphatic heterocycles. The van der Waals surface area contributed by atoms with Crippen LogP contribution in [0.4, 0.5) is 11.5 Å². The van der Waals surface area contributed by atoms with E-state index >= 15 is 0 Å². The second-order valence-electron chi connectivity index (χ2n) is 12.1. The number of rotatable bonds is 6. The van der Waals surface area contributed by atoms with E-state index < -0.39 is 0 Å². The van der Waals surface area contributed by atoms with Crippen molar-refractivity contribution in [2.45, 2.75) is 33.1 Å². The van der Waals surface area contributed by atoms with Crippen molar-refractivity contribution in [3.8, 4) is 0 Å². The van der Waals surface area contributed by atoms with E-state index in [0.717, 1.165) is 54.8 Å². The standard InChI is InChI=1S/C30H36N6O3S/c1-19-27(40-33-32-19)29(38)36(22-9-10-26(31-15-22)34-11-13-39-14-12-34)18-25-23-16-35(17-24(23)25)28(37)20-5-7-21(8-6-20)30(2,3)4/h5-10,15,23-25H,11-14,16-18H2,1-4H3. The minimum atomic E-state index is -0.0923. The number of anilines is 2. The van der Waals surface area contributed by atoms with Gasteiger partial charge in [-0.15, -0.1) is 5.10 Å². The molecule has 210 valence electrons. The first-order chi connectivity index (χ1) is 19.2. The summed E-state index contributed by atoms with van der Waals surface area (Å²) in [7, 11) is 0. The molecule has 1 saturated carbocycles. The van der Waals surface area contributed by atoms with Crippen molar-refractivity contribution >= 4 is 34.9 Å². The molecule has 4 heterocycles. The summed E-state index contributed by atoms with van der Waals surface area (Å²) in [4.78, 5) is 38.2. The minimum Gasteiger partial charge on any atom is -0.378 e. The lowest BCUT2D eigenvalue weighted by atomic mass is 9.86. The van der Waals surface area contributed by atoms with E-state index in [-0.39, 0.29) is 17.2 Å². The van der Waals surface area contributed by atoms with E-state index in [2.05, 4.69) is 47.4 Å². The average Bonchev–Trinajstić information content (AvgIpc) is 3.26. The molecule has 10 heteroatoms. The molecule has 0 spiro atoms. The summed E-state index contributed by atoms with van der Waals surface area (Å²) >= 11 is 1.13. The van der Waals surface area contributed by atoms with Gasteiger partial charge >= 0.3 is 0 Å². The monoisotopic (exact) mass is 560 g/mol. The fourth-order valence-electron chi connectivity index (χ4n) is 5.97. The number of hydrogen-bond donors (Lipinski definition) is 0. The van der Waals surface area contributed by atoms with Crippen LogP contribution in [0.2, 0.25) is 0 Å². The van der Waals surface area contributed by atoms with Crippen LogP contribution in [0.3, 0.4) is 0 Å². The van der Waals surface area contributed by atoms with Gasteiger partial charge in [0.2, 0.25) is 0 Å². The summed E-state index contributed by atoms with van der Waals surface area (Å²) in [6, 6.07) is 12.0. The van der Waals surface area contributed by atoms with E-state index in [1.807, 2.05) is 41.0 Å². The van der Waals surface area contributed by atoms with Crippen LogP contribution >= 0.6 is 11.5 Å². The highest BCUT2D eigenvalue weighted by atomic mass is 32.1. The fourth-order valence-corrected chi connectivity index (χ4v) is 6.57. The number of ether oxygens (including phenoxy) is 1. The van der Waals surface area contributed by atoms with E-state index in [1.165, 1.54) is 5.56 Å². The summed E-state index contributed by atoms with van der Waals surface area (Å²) in [5.74, 6) is 2.03. The van der Waals surface area contributed by atoms with Gasteiger partial charge in [0.05, 0.1) is 30.8 Å². The fraction of sp³-hybridized carbons (Fsp3) is 0.500. The molecule has 1 aromatic carbocycles. The number of fused-ring (bicyclic) bond motifs is 1. The zero-order valence-electron chi connectivity index (χ0n) is 23.5. The molecule has 0 radical (unpaired) electrons. The number of carbonyl (C=O) groups excluding carboxylic acids is 2. The largest absolute Gasteiger partial charge is 0.378 e. The lowest BCUT2D eigenvalue weighted by molar-refractivity contribution is 0.0766. The number of aromatic nitrogens is 3. The number of morpholine rings is 1. The van der Waals surface area contributed by atoms with Crippen molar-refractivity contribution in [2.24, 2.45) is 17.8 Å². The number of likely N-dealkylation sites (tertiary alicyclic amines) is 1. The van der Waals surface area contributed by atoms with E-state index in [9.17, 15) is 9.59 Å². The summed E-state index contributed by atoms with van der Waals surface area (Å²) in [5, 5.41) is 4.06. The van der Waals surface area contributed by atoms with Gasteiger partial charge in [-0.3, -0.25) is 9.59 Å². The van der Waals surface area contributed by atoms with Crippen LogP contribution < -0.4 is 9.80 Å². The quantitative estimate of drug-likeness (QED) is 0.449. The molecule has 3 aromatic rings. The SMILES string of the molecule is Cc1nnsc1C(=O)N(CC1C2CN(C(=O)c3ccc(C(C)(C)C)cc3)CC21)c1ccc(N2CCOCC2)nc1. The highest BCUT2D eigenvalue weighted by Gasteiger charge is 2.57. The van der Waals surface area contributed by atoms with E-state index in [1.54, 1.807) is 6.20 Å². The van der Waals surface area contributed by atoms with Gasteiger partial charge in [-0.05, 0) is 71.5 Å². The predicted molar refractivity (Wildman–Crippen MR) is 155 cm³/mol. The zero-order chi connectivity index (χ0) is 28.0. The Balaban J connectivity index is 1.14. The van der Waals surface area contributed by atoms with Gasteiger partial charge in [0, 0.05) is 38.3 Å². The van der Waals surface area contributed by atoms with Crippen molar-refractivity contribution in [3.63, 3.8) is 0 Å². The molecule has 40 heavy (non-hydrogen) atoms. The summed E-state index contributed by atoms with van der Waals surface area (Å²) in [5.41, 5.74) is 3.42. The van der Waals surface area contributed by atoms with Gasteiger partial charge in [0.15, 0.2) is 0 Å². The molecule has 2 saturated heterocycles. The molecule has 6 rings (SSSR count). The Hall–Kier alpha value is -3.37. The number of nitrogens with zero attached hydrogens (tertiary/aromatic N) is 6. The first kappa shape index (κ1) is 26.8. The number of pyridine rings is 1. The minimum absolute atomic E-state index is 0.0551. The Labute approximate surface area is 239 Å². The number of aryl methyl sites for hydroxylation is 1. The Morgan fingerprint density at radius 3 is 2.33 bits per heavy atom. The first-order valence-electron chi connectivity index (χ1n) is 14.0. The normalized spacial score (nSPS) is 22.2. The Kier molecular flexibility index (Phi) is 7.08. The molecular weight excluding hydrogens is 524 g/mol. The molecular formula is C30H36N6O3S. The van der Waals surface area contributed by atoms with Crippen LogP contribution in [0.25, 0.3) is 0 Å². The van der Waals surface area contributed by atoms with Crippen LogP contribution in [0.15, 0.2) is 42.6 Å². The lowest BCUT2D eigenvalue weighted by Gasteiger charge is -2.29. The lowest BCUT2D eigenvalue weighted by Crippen LogP contribution is -2.38. The summed E-state index contributed by atoms with van der Waals surface area (Å²) in [6.45, 7) is 13.4. The van der Waals surface area contributed by atoms with Crippen LogP contribution in [0.5, 0.6) is 0 Å². The highest BCUT2D eigenvalue weighted by molar-refractivity contribution is 7.08. The number of amides is 2. The Bertz CT molecular complexity index is 1370. The number of hydrogen-bond acceptors (Lipinski definition) is 8. The van der Waals surface area contributed by atoms with Gasteiger partial charge in [-0.1, -0.05) is 37.4 Å². The molecule has 9 nitrogen and oxygen atoms in total. The Morgan fingerprint density at radius 1 is 1.05 bits per heavy atom. The second-order valence-corrected chi connectivity index (χ2v) is 12.9. The second kappa shape index (κ2) is 10.6. The van der Waals surface area contributed by atoms with Crippen molar-refractivity contribution in [3.05, 3.63) is 64.3 Å². The maximum absolute atomic E-state index is 13.7. The third-order valence-corrected chi connectivity index (χ3v) is 9.34. The summed E-state index contributed by atoms with van der Waals surface area (Å²) in [6.07, 6.45) is 1.79. The molecule has 1 aliphatic carbocycles. The maximum atomic E-state index is 13.7. The van der Waals surface area contributed by atoms with Gasteiger partial charge in [0.1, 0.15) is 10.7 Å². The zero-order valence-corrected chi connectivity index (χ0v) is 24.4. The van der Waals surface area contributed by atoms with Gasteiger partial charge < -0.3 is 19.4 Å². The van der Waals surface area contributed by atoms with Crippen molar-refractivity contribution in [1.82, 2.24) is 19.5 Å². The van der Waals surface area contributed by atoms with Crippen molar-refractivity contribution in [2.75, 3.05) is 55.7 Å². The maximum Gasteiger partial charge on any atom is 0.271 e. The van der Waals surface area contributed by atoms with Crippen LogP contribution in [0, 0.1) is 24.7 Å². The number of piperidine rings is 1. The Morgan fingerprint density at radius 2 is 1.75 bits per heavy atom. The van der Waals surface area contributed by atoms with Gasteiger partial charge in [0.25, 0.3) is 11.8 Å². The third-order valence-electron chi connectivity index (χ3n) is 8.52. The van der Waals surface area contributed by atoms with E-state index in [4.69, 9.17) is 9.72 Å². The van der Waals surface area contributed by atoms with E-state index in [0.29, 0.717) is 48.1 Å². The molecule has 2 aromatic heterocycles. The van der Waals surface area contributed by atoms with Crippen LogP contribution in [0.1, 0.15) is 52.1 Å². The first-order valence-corrected chi connectivity index (χ1v) is 14.8. The molecule has 2 amide bonds. The molecule has 2 unspecified atom stereocenters. The molecule has 0 N–H and O–H groups in total. The van der Waals surface area contributed by atoms with Crippen molar-refractivity contribution < 1.29 is 14.3 Å². The summed E-state index contributed by atoms with van der Waals surface area (Å²) < 4.78 is 9.45. The van der Waals surface area contributed by atoms with Gasteiger partial charge in [-0.25, -0.2) is 4.98 Å². The molecule has 3 aliphatic rings. The predicted octanol–water partition coefficient (Wildman–Crippen LogP) is 4.04. The number of benzene rings is 1. The number of carbonyl (C=O) groups is 2. The van der Waals surface area contributed by atoms with Crippen LogP contribution in [-0.2, 0) is 10.2 Å². The smallest absolute Gasteiger partial charge is 0.271 e. The topological polar surface area (TPSA) is 91.8 Å².